The first-order chi connectivity index (χ1) is 15.6. The number of aryl methyl sites for hydroxylation is 2. The van der Waals surface area contributed by atoms with Crippen molar-refractivity contribution in [3.05, 3.63) is 94.5 Å². The van der Waals surface area contributed by atoms with E-state index in [-0.39, 0.29) is 5.91 Å². The molecule has 4 heterocycles. The molecule has 0 aliphatic rings. The molecule has 7 nitrogen and oxygen atoms in total. The summed E-state index contributed by atoms with van der Waals surface area (Å²) in [5.41, 5.74) is 5.96. The van der Waals surface area contributed by atoms with Crippen LogP contribution in [0, 0.1) is 13.8 Å². The Labute approximate surface area is 188 Å². The highest BCUT2D eigenvalue weighted by atomic mass is 32.1. The standard InChI is InChI=1S/C24H20N6OS/c1-15-5-3-6-17(11-15)12-21-16(2)28-24(32-21)29-23(31)19-14-27-30-20(8-10-26-22(19)30)18-7-4-9-25-13-18/h3-11,13-14H,12H2,1-2H3,(H,28,29,31). The summed E-state index contributed by atoms with van der Waals surface area (Å²) >= 11 is 1.49. The Bertz CT molecular complexity index is 1420. The summed E-state index contributed by atoms with van der Waals surface area (Å²) in [6, 6.07) is 14.1. The van der Waals surface area contributed by atoms with Crippen LogP contribution in [0.25, 0.3) is 16.9 Å². The van der Waals surface area contributed by atoms with Crippen molar-refractivity contribution in [2.45, 2.75) is 20.3 Å². The molecule has 8 heteroatoms. The van der Waals surface area contributed by atoms with Gasteiger partial charge in [0.05, 0.1) is 17.6 Å². The lowest BCUT2D eigenvalue weighted by molar-refractivity contribution is 0.102. The number of carbonyl (C=O) groups is 1. The summed E-state index contributed by atoms with van der Waals surface area (Å²) in [6.07, 6.45) is 7.46. The van der Waals surface area contributed by atoms with E-state index in [1.807, 2.05) is 25.1 Å². The van der Waals surface area contributed by atoms with E-state index in [1.165, 1.54) is 28.7 Å². The quantitative estimate of drug-likeness (QED) is 0.428. The highest BCUT2D eigenvalue weighted by Gasteiger charge is 2.18. The minimum Gasteiger partial charge on any atom is -0.298 e. The zero-order valence-electron chi connectivity index (χ0n) is 17.6. The second kappa shape index (κ2) is 8.32. The van der Waals surface area contributed by atoms with Gasteiger partial charge in [0.1, 0.15) is 5.56 Å². The number of nitrogens with zero attached hydrogens (tertiary/aromatic N) is 5. The van der Waals surface area contributed by atoms with Gasteiger partial charge in [-0.1, -0.05) is 29.8 Å². The van der Waals surface area contributed by atoms with Crippen LogP contribution in [-0.2, 0) is 6.42 Å². The molecular formula is C24H20N6OS. The Kier molecular flexibility index (Phi) is 5.20. The minimum atomic E-state index is -0.285. The van der Waals surface area contributed by atoms with Gasteiger partial charge in [0.15, 0.2) is 10.8 Å². The van der Waals surface area contributed by atoms with E-state index in [0.717, 1.165) is 28.2 Å². The third kappa shape index (κ3) is 3.88. The minimum absolute atomic E-state index is 0.285. The molecule has 0 saturated heterocycles. The van der Waals surface area contributed by atoms with Crippen LogP contribution in [-0.4, -0.2) is 30.5 Å². The topological polar surface area (TPSA) is 85.1 Å². The highest BCUT2D eigenvalue weighted by Crippen LogP contribution is 2.27. The fourth-order valence-electron chi connectivity index (χ4n) is 3.60. The number of amides is 1. The second-order valence-corrected chi connectivity index (χ2v) is 8.60. The molecule has 4 aromatic heterocycles. The van der Waals surface area contributed by atoms with Crippen molar-refractivity contribution in [1.82, 2.24) is 24.6 Å². The summed E-state index contributed by atoms with van der Waals surface area (Å²) in [5.74, 6) is -0.285. The Morgan fingerprint density at radius 3 is 2.81 bits per heavy atom. The van der Waals surface area contributed by atoms with E-state index in [0.29, 0.717) is 16.3 Å². The van der Waals surface area contributed by atoms with Gasteiger partial charge in [-0.25, -0.2) is 14.5 Å². The maximum absolute atomic E-state index is 13.0. The van der Waals surface area contributed by atoms with E-state index in [2.05, 4.69) is 56.6 Å². The monoisotopic (exact) mass is 440 g/mol. The van der Waals surface area contributed by atoms with Gasteiger partial charge in [-0.3, -0.25) is 15.1 Å². The molecule has 32 heavy (non-hydrogen) atoms. The van der Waals surface area contributed by atoms with Crippen LogP contribution >= 0.6 is 11.3 Å². The molecule has 0 saturated carbocycles. The van der Waals surface area contributed by atoms with Crippen molar-refractivity contribution in [3.63, 3.8) is 0 Å². The molecule has 5 aromatic rings. The Balaban J connectivity index is 1.40. The predicted octanol–water partition coefficient (Wildman–Crippen LogP) is 4.71. The van der Waals surface area contributed by atoms with Crippen molar-refractivity contribution in [3.8, 4) is 11.3 Å². The number of rotatable bonds is 5. The molecule has 158 valence electrons. The number of hydrogen-bond acceptors (Lipinski definition) is 6. The van der Waals surface area contributed by atoms with Gasteiger partial charge in [-0.05, 0) is 37.6 Å². The third-order valence-corrected chi connectivity index (χ3v) is 6.24. The highest BCUT2D eigenvalue weighted by molar-refractivity contribution is 7.15. The molecule has 1 N–H and O–H groups in total. The van der Waals surface area contributed by atoms with E-state index in [4.69, 9.17) is 0 Å². The van der Waals surface area contributed by atoms with Crippen LogP contribution < -0.4 is 5.32 Å². The van der Waals surface area contributed by atoms with Crippen LogP contribution in [0.3, 0.4) is 0 Å². The van der Waals surface area contributed by atoms with Crippen molar-refractivity contribution in [2.24, 2.45) is 0 Å². The van der Waals surface area contributed by atoms with Gasteiger partial charge in [-0.2, -0.15) is 5.10 Å². The van der Waals surface area contributed by atoms with Crippen molar-refractivity contribution < 1.29 is 4.79 Å². The van der Waals surface area contributed by atoms with Crippen molar-refractivity contribution in [2.75, 3.05) is 5.32 Å². The molecule has 0 atom stereocenters. The van der Waals surface area contributed by atoms with E-state index < -0.39 is 0 Å². The number of carbonyl (C=O) groups excluding carboxylic acids is 1. The lowest BCUT2D eigenvalue weighted by Crippen LogP contribution is -2.12. The number of thiazole rings is 1. The summed E-state index contributed by atoms with van der Waals surface area (Å²) in [4.78, 5) is 27.2. The first kappa shape index (κ1) is 20.0. The van der Waals surface area contributed by atoms with Gasteiger partial charge in [0.25, 0.3) is 5.91 Å². The molecule has 0 aliphatic heterocycles. The van der Waals surface area contributed by atoms with Crippen molar-refractivity contribution in [1.29, 1.82) is 0 Å². The van der Waals surface area contributed by atoms with Gasteiger partial charge >= 0.3 is 0 Å². The van der Waals surface area contributed by atoms with E-state index in [1.54, 1.807) is 23.1 Å². The lowest BCUT2D eigenvalue weighted by Gasteiger charge is -2.04. The van der Waals surface area contributed by atoms with Crippen LogP contribution in [0.2, 0.25) is 0 Å². The maximum atomic E-state index is 13.0. The normalized spacial score (nSPS) is 11.1. The molecule has 1 amide bonds. The Morgan fingerprint density at radius 1 is 1.09 bits per heavy atom. The molecule has 1 aromatic carbocycles. The first-order valence-corrected chi connectivity index (χ1v) is 11.0. The molecule has 5 rings (SSSR count). The fraction of sp³-hybridized carbons (Fsp3) is 0.125. The number of nitrogens with one attached hydrogen (secondary N) is 1. The van der Waals surface area contributed by atoms with E-state index in [9.17, 15) is 4.79 Å². The predicted molar refractivity (Wildman–Crippen MR) is 125 cm³/mol. The smallest absolute Gasteiger partial charge is 0.262 e. The van der Waals surface area contributed by atoms with Crippen LogP contribution in [0.4, 0.5) is 5.13 Å². The number of benzene rings is 1. The number of aromatic nitrogens is 5. The van der Waals surface area contributed by atoms with Crippen molar-refractivity contribution >= 4 is 28.0 Å². The number of pyridine rings is 1. The van der Waals surface area contributed by atoms with Gasteiger partial charge in [0.2, 0.25) is 0 Å². The zero-order chi connectivity index (χ0) is 22.1. The lowest BCUT2D eigenvalue weighted by atomic mass is 10.1. The average Bonchev–Trinajstić information content (AvgIpc) is 3.37. The van der Waals surface area contributed by atoms with Gasteiger partial charge < -0.3 is 0 Å². The molecule has 0 radical (unpaired) electrons. The van der Waals surface area contributed by atoms with Crippen LogP contribution in [0.15, 0.2) is 67.3 Å². The zero-order valence-corrected chi connectivity index (χ0v) is 18.4. The Hall–Kier alpha value is -3.91. The SMILES string of the molecule is Cc1cccc(Cc2sc(NC(=O)c3cnn4c(-c5cccnc5)ccnc34)nc2C)c1. The third-order valence-electron chi connectivity index (χ3n) is 5.16. The maximum Gasteiger partial charge on any atom is 0.262 e. The van der Waals surface area contributed by atoms with Crippen LogP contribution in [0.5, 0.6) is 0 Å². The Morgan fingerprint density at radius 2 is 2.00 bits per heavy atom. The second-order valence-electron chi connectivity index (χ2n) is 7.51. The van der Waals surface area contributed by atoms with Gasteiger partial charge in [-0.15, -0.1) is 11.3 Å². The number of anilines is 1. The molecular weight excluding hydrogens is 420 g/mol. The summed E-state index contributed by atoms with van der Waals surface area (Å²) in [5, 5.41) is 7.88. The summed E-state index contributed by atoms with van der Waals surface area (Å²) in [7, 11) is 0. The van der Waals surface area contributed by atoms with Gasteiger partial charge in [0, 0.05) is 35.5 Å². The largest absolute Gasteiger partial charge is 0.298 e. The first-order valence-electron chi connectivity index (χ1n) is 10.1. The summed E-state index contributed by atoms with van der Waals surface area (Å²) in [6.45, 7) is 4.05. The van der Waals surface area contributed by atoms with Crippen LogP contribution in [0.1, 0.15) is 32.1 Å². The molecule has 0 bridgehead atoms. The number of fused-ring (bicyclic) bond motifs is 1. The molecule has 0 spiro atoms. The average molecular weight is 441 g/mol. The molecule has 0 unspecified atom stereocenters. The van der Waals surface area contributed by atoms with E-state index >= 15 is 0 Å². The molecule has 0 aliphatic carbocycles. The number of hydrogen-bond donors (Lipinski definition) is 1. The molecule has 0 fully saturated rings. The summed E-state index contributed by atoms with van der Waals surface area (Å²) < 4.78 is 1.65. The fourth-order valence-corrected chi connectivity index (χ4v) is 4.59.